The molecule has 0 fully saturated rings. The summed E-state index contributed by atoms with van der Waals surface area (Å²) >= 11 is 0.149. The Labute approximate surface area is 164 Å². The van der Waals surface area contributed by atoms with E-state index in [1.807, 2.05) is 13.8 Å². The van der Waals surface area contributed by atoms with Crippen molar-refractivity contribution in [1.82, 2.24) is 0 Å². The predicted molar refractivity (Wildman–Crippen MR) is 107 cm³/mol. The molecular weight excluding hydrogens is 423 g/mol. The molecule has 4 nitrogen and oxygen atoms in total. The number of aliphatic carboxylic acids is 2. The second-order valence-electron chi connectivity index (χ2n) is 6.23. The van der Waals surface area contributed by atoms with Gasteiger partial charge in [-0.2, -0.15) is 0 Å². The van der Waals surface area contributed by atoms with Gasteiger partial charge in [-0.3, -0.25) is 0 Å². The summed E-state index contributed by atoms with van der Waals surface area (Å²) in [4.78, 5) is 22.0. The number of hydrogen-bond acceptors (Lipinski definition) is 2. The molecule has 0 atom stereocenters. The van der Waals surface area contributed by atoms with Gasteiger partial charge >= 0.3 is 81.5 Å². The fourth-order valence-corrected chi connectivity index (χ4v) is 6.37. The molecule has 0 unspecified atom stereocenters. The Kier molecular flexibility index (Phi) is 21.1. The third-order valence-corrected chi connectivity index (χ3v) is 7.89. The molecule has 0 aromatic heterocycles. The second kappa shape index (κ2) is 19.8. The minimum absolute atomic E-state index is 0.0720. The molecule has 5 heteroatoms. The Hall–Kier alpha value is -0.521. The van der Waals surface area contributed by atoms with Crippen LogP contribution in [0.25, 0.3) is 0 Å². The van der Waals surface area contributed by atoms with Gasteiger partial charge in [-0.05, 0) is 25.7 Å². The maximum absolute atomic E-state index is 11.0. The van der Waals surface area contributed by atoms with Crippen molar-refractivity contribution >= 4 is 33.1 Å². The van der Waals surface area contributed by atoms with Gasteiger partial charge in [-0.25, -0.2) is 9.59 Å². The molecule has 25 heavy (non-hydrogen) atoms. The standard InChI is InChI=1S/C12H20O4.2C4H9.Sn/c1-3-5-7-9(11(13)14)10(12(15)16)8-6-4-2;2*1-3-4-2;/h3-8H2,1-2H3,(H,13,14)(H,15,16);2*1,3-4H2,2H3;/b10-9-;;;. The molecule has 0 aliphatic heterocycles. The van der Waals surface area contributed by atoms with Crippen LogP contribution in [-0.2, 0) is 9.59 Å². The SMILES string of the molecule is CCCC/C(C(=O)O)=C(\CCCC)C(=O)O.CCC[CH2][Sn][CH2]CCC. The first-order valence-electron chi connectivity index (χ1n) is 9.85. The summed E-state index contributed by atoms with van der Waals surface area (Å²) in [6, 6.07) is 0. The van der Waals surface area contributed by atoms with Gasteiger partial charge in [-0.1, -0.05) is 26.7 Å². The van der Waals surface area contributed by atoms with Crippen molar-refractivity contribution in [2.24, 2.45) is 0 Å². The number of carboxylic acids is 2. The van der Waals surface area contributed by atoms with Crippen LogP contribution in [0.15, 0.2) is 11.1 Å². The van der Waals surface area contributed by atoms with Crippen molar-refractivity contribution in [3.63, 3.8) is 0 Å². The predicted octanol–water partition coefficient (Wildman–Crippen LogP) is 5.96. The van der Waals surface area contributed by atoms with Gasteiger partial charge in [0.1, 0.15) is 0 Å². The van der Waals surface area contributed by atoms with Gasteiger partial charge in [-0.15, -0.1) is 0 Å². The van der Waals surface area contributed by atoms with Crippen LogP contribution in [0.5, 0.6) is 0 Å². The van der Waals surface area contributed by atoms with Crippen LogP contribution in [-0.4, -0.2) is 43.3 Å². The summed E-state index contributed by atoms with van der Waals surface area (Å²) in [6.07, 6.45) is 9.67. The average molecular weight is 461 g/mol. The van der Waals surface area contributed by atoms with Crippen molar-refractivity contribution in [1.29, 1.82) is 0 Å². The monoisotopic (exact) mass is 462 g/mol. The Morgan fingerprint density at radius 2 is 0.960 bits per heavy atom. The number of hydrogen-bond donors (Lipinski definition) is 2. The van der Waals surface area contributed by atoms with Crippen LogP contribution in [0, 0.1) is 0 Å². The zero-order valence-corrected chi connectivity index (χ0v) is 19.6. The van der Waals surface area contributed by atoms with Crippen molar-refractivity contribution in [2.75, 3.05) is 0 Å². The van der Waals surface area contributed by atoms with Crippen LogP contribution >= 0.6 is 0 Å². The molecule has 0 aliphatic rings. The first-order valence-corrected chi connectivity index (χ1v) is 13.9. The Morgan fingerprint density at radius 3 is 1.20 bits per heavy atom. The molecule has 0 rings (SSSR count). The van der Waals surface area contributed by atoms with Crippen LogP contribution in [0.2, 0.25) is 8.87 Å². The molecule has 0 heterocycles. The van der Waals surface area contributed by atoms with Crippen LogP contribution < -0.4 is 0 Å². The topological polar surface area (TPSA) is 74.6 Å². The summed E-state index contributed by atoms with van der Waals surface area (Å²) < 4.78 is 3.25. The van der Waals surface area contributed by atoms with E-state index in [-0.39, 0.29) is 32.3 Å². The third-order valence-electron chi connectivity index (χ3n) is 3.86. The summed E-state index contributed by atoms with van der Waals surface area (Å²) in [7, 11) is 0. The first kappa shape index (κ1) is 26.7. The molecule has 0 bridgehead atoms. The van der Waals surface area contributed by atoms with Gasteiger partial charge in [0.2, 0.25) is 0 Å². The van der Waals surface area contributed by atoms with Crippen molar-refractivity contribution in [3.8, 4) is 0 Å². The van der Waals surface area contributed by atoms with Crippen molar-refractivity contribution in [3.05, 3.63) is 11.1 Å². The molecule has 0 spiro atoms. The fourth-order valence-electron chi connectivity index (χ4n) is 2.21. The van der Waals surface area contributed by atoms with Crippen LogP contribution in [0.3, 0.4) is 0 Å². The first-order chi connectivity index (χ1) is 12.0. The number of unbranched alkanes of at least 4 members (excludes halogenated alkanes) is 4. The number of carbonyl (C=O) groups is 2. The molecule has 0 saturated heterocycles. The fraction of sp³-hybridized carbons (Fsp3) is 0.800. The molecule has 0 saturated carbocycles. The van der Waals surface area contributed by atoms with E-state index < -0.39 is 11.9 Å². The summed E-state index contributed by atoms with van der Waals surface area (Å²) in [5, 5.41) is 18.0. The Bertz CT molecular complexity index is 344. The Balaban J connectivity index is 0. The van der Waals surface area contributed by atoms with Gasteiger partial charge in [0.25, 0.3) is 0 Å². The average Bonchev–Trinajstić information content (AvgIpc) is 2.57. The van der Waals surface area contributed by atoms with Crippen molar-refractivity contribution < 1.29 is 19.8 Å². The zero-order chi connectivity index (χ0) is 19.5. The zero-order valence-electron chi connectivity index (χ0n) is 16.7. The molecular formula is C20H38O4Sn. The summed E-state index contributed by atoms with van der Waals surface area (Å²) in [6.45, 7) is 8.48. The van der Waals surface area contributed by atoms with E-state index in [9.17, 15) is 9.59 Å². The van der Waals surface area contributed by atoms with E-state index in [0.717, 1.165) is 12.8 Å². The summed E-state index contributed by atoms with van der Waals surface area (Å²) in [5.74, 6) is -2.19. The third kappa shape index (κ3) is 16.7. The van der Waals surface area contributed by atoms with Gasteiger partial charge in [0.15, 0.2) is 0 Å². The summed E-state index contributed by atoms with van der Waals surface area (Å²) in [5.41, 5.74) is 0.144. The number of carboxylic acid groups (broad SMARTS) is 2. The van der Waals surface area contributed by atoms with Gasteiger partial charge in [0.05, 0.1) is 0 Å². The molecule has 0 aromatic carbocycles. The normalized spacial score (nSPS) is 11.4. The molecule has 0 aliphatic carbocycles. The minimum atomic E-state index is -1.10. The van der Waals surface area contributed by atoms with E-state index in [4.69, 9.17) is 10.2 Å². The van der Waals surface area contributed by atoms with E-state index in [2.05, 4.69) is 13.8 Å². The molecule has 0 aromatic rings. The van der Waals surface area contributed by atoms with E-state index in [1.54, 1.807) is 8.87 Å². The molecule has 0 amide bonds. The number of rotatable bonds is 14. The van der Waals surface area contributed by atoms with Crippen LogP contribution in [0.1, 0.15) is 91.9 Å². The van der Waals surface area contributed by atoms with Gasteiger partial charge in [0, 0.05) is 11.1 Å². The maximum atomic E-state index is 11.0. The van der Waals surface area contributed by atoms with E-state index >= 15 is 0 Å². The molecule has 2 N–H and O–H groups in total. The quantitative estimate of drug-likeness (QED) is 0.190. The molecule has 146 valence electrons. The van der Waals surface area contributed by atoms with Crippen LogP contribution in [0.4, 0.5) is 0 Å². The second-order valence-corrected chi connectivity index (χ2v) is 10.5. The van der Waals surface area contributed by atoms with E-state index in [1.165, 1.54) is 25.7 Å². The van der Waals surface area contributed by atoms with E-state index in [0.29, 0.717) is 25.7 Å². The van der Waals surface area contributed by atoms with Crippen molar-refractivity contribution in [2.45, 2.75) is 101 Å². The Morgan fingerprint density at radius 1 is 0.640 bits per heavy atom. The van der Waals surface area contributed by atoms with Gasteiger partial charge < -0.3 is 10.2 Å². The molecule has 2 radical (unpaired) electrons.